The molecule has 5 nitrogen and oxygen atoms in total. The van der Waals surface area contributed by atoms with Gasteiger partial charge in [-0.3, -0.25) is 5.01 Å². The number of nitrogens with zero attached hydrogens (tertiary/aromatic N) is 2. The standard InChI is InChI=1S/C19H24F3IN4O/c1-18(5-6-18)10-24-15-8-14(15)12-3-2-4-13(7-12)17(28)25-16-9-27(26-23-16)11-19(20,21)22/h2-4,7,9,14-15,17,24-25,28H,5-6,8,10-11H2,1H3. The number of aliphatic hydroxyl groups excluding tert-OH is 1. The summed E-state index contributed by atoms with van der Waals surface area (Å²) in [6.07, 6.45) is -0.204. The monoisotopic (exact) mass is 508 g/mol. The van der Waals surface area contributed by atoms with Gasteiger partial charge in [-0.05, 0) is 30.2 Å². The van der Waals surface area contributed by atoms with Crippen LogP contribution in [0.2, 0.25) is 0 Å². The van der Waals surface area contributed by atoms with E-state index in [1.807, 2.05) is 18.2 Å². The molecule has 2 aliphatic carbocycles. The number of aliphatic hydroxyl groups is 1. The molecule has 28 heavy (non-hydrogen) atoms. The van der Waals surface area contributed by atoms with Gasteiger partial charge in [-0.2, -0.15) is 13.2 Å². The molecule has 1 aliphatic heterocycles. The van der Waals surface area contributed by atoms with Crippen molar-refractivity contribution in [3.8, 4) is 0 Å². The van der Waals surface area contributed by atoms with Gasteiger partial charge in [0.25, 0.3) is 0 Å². The van der Waals surface area contributed by atoms with Crippen LogP contribution in [0, 0.1) is 5.41 Å². The van der Waals surface area contributed by atoms with Crippen molar-refractivity contribution in [2.24, 2.45) is 8.67 Å². The van der Waals surface area contributed by atoms with E-state index in [4.69, 9.17) is 0 Å². The van der Waals surface area contributed by atoms with E-state index >= 15 is 0 Å². The quantitative estimate of drug-likeness (QED) is 0.279. The number of hydrogen-bond donors (Lipinski definition) is 3. The van der Waals surface area contributed by atoms with Gasteiger partial charge in [0, 0.05) is 24.1 Å². The highest BCUT2D eigenvalue weighted by molar-refractivity contribution is 14.2. The lowest BCUT2D eigenvalue weighted by atomic mass is 10.1. The Hall–Kier alpha value is -1.20. The van der Waals surface area contributed by atoms with Crippen molar-refractivity contribution in [1.82, 2.24) is 15.6 Å². The summed E-state index contributed by atoms with van der Waals surface area (Å²) in [7, 11) is 0. The Balaban J connectivity index is 1.32. The fourth-order valence-corrected chi connectivity index (χ4v) is 4.98. The Morgan fingerprint density at radius 3 is 2.89 bits per heavy atom. The van der Waals surface area contributed by atoms with Crippen LogP contribution in [0.4, 0.5) is 13.2 Å². The van der Waals surface area contributed by atoms with Crippen LogP contribution < -0.4 is 10.6 Å². The predicted octanol–water partition coefficient (Wildman–Crippen LogP) is 4.26. The molecule has 9 heteroatoms. The van der Waals surface area contributed by atoms with Crippen LogP contribution in [0.15, 0.2) is 37.4 Å². The largest absolute Gasteiger partial charge is 0.408 e. The maximum Gasteiger partial charge on any atom is 0.408 e. The lowest BCUT2D eigenvalue weighted by Gasteiger charge is -2.15. The zero-order chi connectivity index (χ0) is 19.9. The van der Waals surface area contributed by atoms with E-state index in [9.17, 15) is 18.3 Å². The first-order chi connectivity index (χ1) is 13.2. The summed E-state index contributed by atoms with van der Waals surface area (Å²) in [5.41, 5.74) is 2.39. The normalized spacial score (nSPS) is 26.5. The van der Waals surface area contributed by atoms with Crippen molar-refractivity contribution in [2.45, 2.75) is 50.6 Å². The molecular weight excluding hydrogens is 484 g/mol. The Labute approximate surface area is 172 Å². The van der Waals surface area contributed by atoms with E-state index in [2.05, 4.69) is 26.9 Å². The summed E-state index contributed by atoms with van der Waals surface area (Å²) in [6, 6.07) is 8.31. The molecule has 0 saturated heterocycles. The van der Waals surface area contributed by atoms with E-state index in [0.29, 0.717) is 21.1 Å². The Morgan fingerprint density at radius 1 is 1.39 bits per heavy atom. The van der Waals surface area contributed by atoms with Gasteiger partial charge in [-0.25, -0.2) is 0 Å². The molecular formula is C19H24F3IN4O. The number of halogens is 4. The van der Waals surface area contributed by atoms with Crippen LogP contribution >= 0.6 is 21.0 Å². The summed E-state index contributed by atoms with van der Waals surface area (Å²) in [5.74, 6) is 0.463. The topological polar surface area (TPSA) is 59.9 Å². The molecule has 154 valence electrons. The molecule has 3 atom stereocenters. The highest BCUT2D eigenvalue weighted by atomic mass is 127. The number of nitrogens with one attached hydrogen (secondary N) is 2. The summed E-state index contributed by atoms with van der Waals surface area (Å²) in [5, 5.41) is 17.9. The molecule has 3 aliphatic rings. The molecule has 3 N–H and O–H groups in total. The SMILES string of the molecule is CC1(CNC2CC2c2cccc(C(O)NC3=CN(CC(F)(F)F)N=I3)c2)CC1. The van der Waals surface area contributed by atoms with E-state index in [-0.39, 0.29) is 0 Å². The van der Waals surface area contributed by atoms with Gasteiger partial charge in [0.1, 0.15) is 10.2 Å². The highest BCUT2D eigenvalue weighted by Crippen LogP contribution is 2.46. The van der Waals surface area contributed by atoms with Crippen LogP contribution in [0.5, 0.6) is 0 Å². The lowest BCUT2D eigenvalue weighted by Crippen LogP contribution is -2.26. The maximum atomic E-state index is 12.4. The zero-order valence-electron chi connectivity index (χ0n) is 15.5. The molecule has 1 aromatic carbocycles. The van der Waals surface area contributed by atoms with Gasteiger partial charge >= 0.3 is 6.18 Å². The molecule has 0 radical (unpaired) electrons. The maximum absolute atomic E-state index is 12.4. The van der Waals surface area contributed by atoms with Gasteiger partial charge in [0.15, 0.2) is 6.23 Å². The Bertz CT molecular complexity index is 794. The predicted molar refractivity (Wildman–Crippen MR) is 108 cm³/mol. The van der Waals surface area contributed by atoms with Crippen molar-refractivity contribution in [3.05, 3.63) is 45.3 Å². The zero-order valence-corrected chi connectivity index (χ0v) is 17.7. The van der Waals surface area contributed by atoms with E-state index in [1.54, 1.807) is 0 Å². The van der Waals surface area contributed by atoms with Gasteiger partial charge < -0.3 is 15.7 Å². The van der Waals surface area contributed by atoms with Crippen molar-refractivity contribution in [3.63, 3.8) is 0 Å². The number of hydrogen-bond acceptors (Lipinski definition) is 5. The Morgan fingerprint density at radius 2 is 2.18 bits per heavy atom. The fourth-order valence-electron chi connectivity index (χ4n) is 3.31. The second-order valence-corrected chi connectivity index (χ2v) is 10.3. The minimum Gasteiger partial charge on any atom is -0.369 e. The van der Waals surface area contributed by atoms with Crippen LogP contribution in [-0.2, 0) is 0 Å². The second-order valence-electron chi connectivity index (χ2n) is 8.21. The average Bonchev–Trinajstić information content (AvgIpc) is 3.52. The molecule has 3 unspecified atom stereocenters. The van der Waals surface area contributed by atoms with Crippen molar-refractivity contribution >= 4 is 21.0 Å². The average molecular weight is 508 g/mol. The number of benzene rings is 1. The van der Waals surface area contributed by atoms with Crippen LogP contribution in [-0.4, -0.2) is 35.4 Å². The number of alkyl halides is 3. The summed E-state index contributed by atoms with van der Waals surface area (Å²) in [4.78, 5) is 0. The smallest absolute Gasteiger partial charge is 0.369 e. The minimum atomic E-state index is -4.29. The van der Waals surface area contributed by atoms with Crippen molar-refractivity contribution in [2.75, 3.05) is 13.1 Å². The van der Waals surface area contributed by atoms with E-state index in [0.717, 1.165) is 23.5 Å². The molecule has 0 aromatic heterocycles. The molecule has 1 heterocycles. The first kappa shape index (κ1) is 20.1. The molecule has 4 rings (SSSR count). The summed E-state index contributed by atoms with van der Waals surface area (Å²) < 4.78 is 41.8. The first-order valence-electron chi connectivity index (χ1n) is 9.39. The molecule has 2 saturated carbocycles. The summed E-state index contributed by atoms with van der Waals surface area (Å²) in [6.45, 7) is 2.27. The van der Waals surface area contributed by atoms with Crippen LogP contribution in [0.1, 0.15) is 49.5 Å². The fraction of sp³-hybridized carbons (Fsp3) is 0.579. The van der Waals surface area contributed by atoms with Gasteiger partial charge in [-0.15, -0.1) is 3.25 Å². The highest BCUT2D eigenvalue weighted by Gasteiger charge is 2.42. The van der Waals surface area contributed by atoms with Crippen molar-refractivity contribution in [1.29, 1.82) is 0 Å². The summed E-state index contributed by atoms with van der Waals surface area (Å²) >= 11 is -0.940. The molecule has 0 amide bonds. The van der Waals surface area contributed by atoms with Gasteiger partial charge in [0.2, 0.25) is 0 Å². The van der Waals surface area contributed by atoms with Gasteiger partial charge in [0.05, 0.1) is 27.2 Å². The Kier molecular flexibility index (Phi) is 5.43. The first-order valence-corrected chi connectivity index (χ1v) is 11.4. The van der Waals surface area contributed by atoms with E-state index < -0.39 is 40.0 Å². The third-order valence-corrected chi connectivity index (χ3v) is 7.32. The molecule has 0 spiro atoms. The second kappa shape index (κ2) is 7.56. The molecule has 1 aromatic rings. The molecule has 0 bridgehead atoms. The molecule has 2 fully saturated rings. The number of rotatable bonds is 8. The third kappa shape index (κ3) is 5.24. The van der Waals surface area contributed by atoms with E-state index in [1.165, 1.54) is 24.6 Å². The van der Waals surface area contributed by atoms with Crippen molar-refractivity contribution < 1.29 is 18.3 Å². The lowest BCUT2D eigenvalue weighted by molar-refractivity contribution is -0.139. The third-order valence-electron chi connectivity index (χ3n) is 5.44. The van der Waals surface area contributed by atoms with Crippen LogP contribution in [0.3, 0.4) is 0 Å². The minimum absolute atomic E-state index is 0.463. The van der Waals surface area contributed by atoms with Crippen LogP contribution in [0.25, 0.3) is 0 Å². The van der Waals surface area contributed by atoms with Gasteiger partial charge in [-0.1, -0.05) is 31.2 Å².